The van der Waals surface area contributed by atoms with Crippen molar-refractivity contribution in [2.75, 3.05) is 37.6 Å². The van der Waals surface area contributed by atoms with Crippen molar-refractivity contribution in [2.24, 2.45) is 5.73 Å². The van der Waals surface area contributed by atoms with Crippen LogP contribution in [0.3, 0.4) is 0 Å². The molecular weight excluding hydrogens is 405 g/mol. The SMILES string of the molecule is Cc1nc(C2CC(N)C2)cc(N2CCN(CC=Cc3ccccc3)CC2)n1.Cl.Cl. The van der Waals surface area contributed by atoms with Crippen molar-refractivity contribution in [3.8, 4) is 0 Å². The van der Waals surface area contributed by atoms with Crippen LogP contribution < -0.4 is 10.6 Å². The van der Waals surface area contributed by atoms with Crippen molar-refractivity contribution in [1.29, 1.82) is 0 Å². The maximum Gasteiger partial charge on any atom is 0.132 e. The molecule has 0 bridgehead atoms. The summed E-state index contributed by atoms with van der Waals surface area (Å²) in [5.41, 5.74) is 8.39. The molecule has 2 aromatic rings. The largest absolute Gasteiger partial charge is 0.354 e. The van der Waals surface area contributed by atoms with Gasteiger partial charge in [-0.15, -0.1) is 24.8 Å². The Morgan fingerprint density at radius 3 is 2.38 bits per heavy atom. The quantitative estimate of drug-likeness (QED) is 0.775. The number of piperazine rings is 1. The molecule has 0 atom stereocenters. The summed E-state index contributed by atoms with van der Waals surface area (Å²) >= 11 is 0. The first-order chi connectivity index (χ1) is 13.2. The minimum atomic E-state index is 0. The maximum atomic E-state index is 5.95. The van der Waals surface area contributed by atoms with Crippen molar-refractivity contribution in [1.82, 2.24) is 14.9 Å². The predicted octanol–water partition coefficient (Wildman–Crippen LogP) is 3.67. The van der Waals surface area contributed by atoms with Gasteiger partial charge in [0.05, 0.1) is 0 Å². The van der Waals surface area contributed by atoms with Crippen LogP contribution in [0.4, 0.5) is 5.82 Å². The minimum Gasteiger partial charge on any atom is -0.354 e. The highest BCUT2D eigenvalue weighted by molar-refractivity contribution is 5.85. The van der Waals surface area contributed by atoms with E-state index in [1.165, 1.54) is 11.3 Å². The second-order valence-corrected chi connectivity index (χ2v) is 7.73. The van der Waals surface area contributed by atoms with Gasteiger partial charge in [0.15, 0.2) is 0 Å². The van der Waals surface area contributed by atoms with Gasteiger partial charge in [-0.1, -0.05) is 42.5 Å². The van der Waals surface area contributed by atoms with Crippen molar-refractivity contribution in [3.05, 3.63) is 59.6 Å². The molecule has 5 nitrogen and oxygen atoms in total. The second-order valence-electron chi connectivity index (χ2n) is 7.73. The van der Waals surface area contributed by atoms with Gasteiger partial charge >= 0.3 is 0 Å². The number of nitrogens with two attached hydrogens (primary N) is 1. The summed E-state index contributed by atoms with van der Waals surface area (Å²) in [7, 11) is 0. The van der Waals surface area contributed by atoms with Crippen LogP contribution in [0.15, 0.2) is 42.5 Å². The Hall–Kier alpha value is -1.66. The average molecular weight is 436 g/mol. The Balaban J connectivity index is 0.00000150. The fraction of sp³-hybridized carbons (Fsp3) is 0.455. The molecule has 0 spiro atoms. The molecule has 0 unspecified atom stereocenters. The highest BCUT2D eigenvalue weighted by Gasteiger charge is 2.29. The molecule has 0 radical (unpaired) electrons. The third-order valence-electron chi connectivity index (χ3n) is 5.61. The van der Waals surface area contributed by atoms with E-state index in [4.69, 9.17) is 10.7 Å². The summed E-state index contributed by atoms with van der Waals surface area (Å²) in [5, 5.41) is 0. The molecule has 29 heavy (non-hydrogen) atoms. The topological polar surface area (TPSA) is 58.3 Å². The second kappa shape index (κ2) is 10.9. The first-order valence-corrected chi connectivity index (χ1v) is 9.97. The van der Waals surface area contributed by atoms with Gasteiger partial charge in [-0.25, -0.2) is 9.97 Å². The van der Waals surface area contributed by atoms with Crippen LogP contribution in [-0.4, -0.2) is 53.6 Å². The van der Waals surface area contributed by atoms with Gasteiger partial charge in [0, 0.05) is 56.4 Å². The van der Waals surface area contributed by atoms with Gasteiger partial charge in [-0.3, -0.25) is 4.90 Å². The number of hydrogen-bond donors (Lipinski definition) is 1. The highest BCUT2D eigenvalue weighted by atomic mass is 35.5. The summed E-state index contributed by atoms with van der Waals surface area (Å²) in [6, 6.07) is 13.0. The number of benzene rings is 1. The number of nitrogens with zero attached hydrogens (tertiary/aromatic N) is 4. The number of rotatable bonds is 5. The van der Waals surface area contributed by atoms with E-state index in [1.54, 1.807) is 0 Å². The van der Waals surface area contributed by atoms with Crippen molar-refractivity contribution >= 4 is 36.7 Å². The summed E-state index contributed by atoms with van der Waals surface area (Å²) in [6.45, 7) is 7.14. The zero-order valence-electron chi connectivity index (χ0n) is 16.9. The van der Waals surface area contributed by atoms with Gasteiger partial charge in [-0.05, 0) is 25.3 Å². The molecule has 1 saturated carbocycles. The smallest absolute Gasteiger partial charge is 0.132 e. The molecule has 2 heterocycles. The molecule has 0 amide bonds. The van der Waals surface area contributed by atoms with E-state index in [0.29, 0.717) is 12.0 Å². The fourth-order valence-electron chi connectivity index (χ4n) is 3.91. The summed E-state index contributed by atoms with van der Waals surface area (Å²) in [5.74, 6) is 2.47. The molecule has 158 valence electrons. The lowest BCUT2D eigenvalue weighted by atomic mass is 9.78. The Bertz CT molecular complexity index is 785. The van der Waals surface area contributed by atoms with Gasteiger partial charge in [0.2, 0.25) is 0 Å². The monoisotopic (exact) mass is 435 g/mol. The van der Waals surface area contributed by atoms with Crippen LogP contribution in [0.1, 0.15) is 35.8 Å². The van der Waals surface area contributed by atoms with E-state index >= 15 is 0 Å². The zero-order chi connectivity index (χ0) is 18.6. The lowest BCUT2D eigenvalue weighted by molar-refractivity contribution is 0.283. The predicted molar refractivity (Wildman–Crippen MR) is 125 cm³/mol. The molecule has 1 aliphatic heterocycles. The van der Waals surface area contributed by atoms with E-state index in [1.807, 2.05) is 6.92 Å². The molecule has 2 aliphatic rings. The van der Waals surface area contributed by atoms with Crippen LogP contribution >= 0.6 is 24.8 Å². The minimum absolute atomic E-state index is 0. The Morgan fingerprint density at radius 2 is 1.72 bits per heavy atom. The van der Waals surface area contributed by atoms with Crippen molar-refractivity contribution < 1.29 is 0 Å². The standard InChI is InChI=1S/C22H29N5.2ClH/c1-17-24-21(19-14-20(23)15-19)16-22(25-17)27-12-10-26(11-13-27)9-5-8-18-6-3-2-4-7-18;;/h2-8,16,19-20H,9-15,23H2,1H3;2*1H. The van der Waals surface area contributed by atoms with E-state index in [0.717, 1.165) is 57.2 Å². The van der Waals surface area contributed by atoms with Gasteiger partial charge < -0.3 is 10.6 Å². The van der Waals surface area contributed by atoms with Crippen LogP contribution in [0.5, 0.6) is 0 Å². The first kappa shape index (κ1) is 23.6. The average Bonchev–Trinajstić information content (AvgIpc) is 2.66. The summed E-state index contributed by atoms with van der Waals surface area (Å²) in [6.07, 6.45) is 6.57. The highest BCUT2D eigenvalue weighted by Crippen LogP contribution is 2.35. The van der Waals surface area contributed by atoms with Crippen LogP contribution in [0.2, 0.25) is 0 Å². The molecule has 4 rings (SSSR count). The molecular formula is C22H31Cl2N5. The van der Waals surface area contributed by atoms with Crippen molar-refractivity contribution in [3.63, 3.8) is 0 Å². The van der Waals surface area contributed by atoms with E-state index in [-0.39, 0.29) is 24.8 Å². The Morgan fingerprint density at radius 1 is 1.03 bits per heavy atom. The zero-order valence-corrected chi connectivity index (χ0v) is 18.5. The van der Waals surface area contributed by atoms with E-state index < -0.39 is 0 Å². The summed E-state index contributed by atoms with van der Waals surface area (Å²) < 4.78 is 0. The third kappa shape index (κ3) is 6.16. The number of hydrogen-bond acceptors (Lipinski definition) is 5. The van der Waals surface area contributed by atoms with Crippen molar-refractivity contribution in [2.45, 2.75) is 31.7 Å². The van der Waals surface area contributed by atoms with E-state index in [9.17, 15) is 0 Å². The molecule has 7 heteroatoms. The Kier molecular flexibility index (Phi) is 8.90. The number of halogens is 2. The summed E-state index contributed by atoms with van der Waals surface area (Å²) in [4.78, 5) is 14.2. The van der Waals surface area contributed by atoms with Gasteiger partial charge in [0.25, 0.3) is 0 Å². The number of aromatic nitrogens is 2. The Labute approximate surface area is 186 Å². The first-order valence-electron chi connectivity index (χ1n) is 9.97. The number of aryl methyl sites for hydroxylation is 1. The maximum absolute atomic E-state index is 5.95. The molecule has 1 aromatic heterocycles. The van der Waals surface area contributed by atoms with Crippen LogP contribution in [0, 0.1) is 6.92 Å². The van der Waals surface area contributed by atoms with Crippen LogP contribution in [0.25, 0.3) is 6.08 Å². The molecule has 1 aliphatic carbocycles. The van der Waals surface area contributed by atoms with Gasteiger partial charge in [-0.2, -0.15) is 0 Å². The number of anilines is 1. The van der Waals surface area contributed by atoms with Crippen LogP contribution in [-0.2, 0) is 0 Å². The molecule has 2 fully saturated rings. The molecule has 1 saturated heterocycles. The fourth-order valence-corrected chi connectivity index (χ4v) is 3.91. The normalized spacial score (nSPS) is 21.9. The van der Waals surface area contributed by atoms with Gasteiger partial charge in [0.1, 0.15) is 11.6 Å². The lowest BCUT2D eigenvalue weighted by Gasteiger charge is -2.36. The molecule has 1 aromatic carbocycles. The molecule has 2 N–H and O–H groups in total. The third-order valence-corrected chi connectivity index (χ3v) is 5.61. The van der Waals surface area contributed by atoms with E-state index in [2.05, 4.69) is 63.3 Å². The lowest BCUT2D eigenvalue weighted by Crippen LogP contribution is -2.46.